The molecule has 5 nitrogen and oxygen atoms in total. The summed E-state index contributed by atoms with van der Waals surface area (Å²) in [5, 5.41) is 14.9. The molecule has 0 saturated carbocycles. The number of nitriles is 1. The Labute approximate surface area is 61.7 Å². The molecule has 2 rings (SSSR count). The van der Waals surface area contributed by atoms with Gasteiger partial charge in [-0.3, -0.25) is 5.10 Å². The van der Waals surface area contributed by atoms with Crippen molar-refractivity contribution in [2.24, 2.45) is 0 Å². The summed E-state index contributed by atoms with van der Waals surface area (Å²) >= 11 is 0. The van der Waals surface area contributed by atoms with Crippen LogP contribution in [-0.2, 0) is 0 Å². The Balaban J connectivity index is 2.79. The summed E-state index contributed by atoms with van der Waals surface area (Å²) in [6, 6.07) is 1.84. The van der Waals surface area contributed by atoms with Gasteiger partial charge in [-0.2, -0.15) is 10.4 Å². The lowest BCUT2D eigenvalue weighted by Gasteiger charge is -1.85. The van der Waals surface area contributed by atoms with Crippen LogP contribution in [0.3, 0.4) is 0 Å². The first-order valence-corrected chi connectivity index (χ1v) is 2.96. The van der Waals surface area contributed by atoms with Crippen molar-refractivity contribution in [3.63, 3.8) is 0 Å². The Morgan fingerprint density at radius 1 is 1.45 bits per heavy atom. The third-order valence-electron chi connectivity index (χ3n) is 1.29. The number of rotatable bonds is 0. The molecule has 5 heteroatoms. The Bertz CT molecular complexity index is 424. The molecule has 0 bridgehead atoms. The number of H-pyrrole nitrogens is 1. The van der Waals surface area contributed by atoms with Crippen molar-refractivity contribution in [1.82, 2.24) is 20.2 Å². The van der Waals surface area contributed by atoms with Crippen LogP contribution in [0.25, 0.3) is 11.0 Å². The molecule has 52 valence electrons. The number of nitrogens with one attached hydrogen (secondary N) is 1. The van der Waals surface area contributed by atoms with Gasteiger partial charge in [0.1, 0.15) is 17.1 Å². The summed E-state index contributed by atoms with van der Waals surface area (Å²) in [5.41, 5.74) is 1.40. The molecule has 0 radical (unpaired) electrons. The van der Waals surface area contributed by atoms with Crippen LogP contribution in [0.2, 0.25) is 0 Å². The average Bonchev–Trinajstić information content (AvgIpc) is 2.50. The molecule has 0 fully saturated rings. The maximum Gasteiger partial charge on any atom is 0.232 e. The van der Waals surface area contributed by atoms with Gasteiger partial charge in [0, 0.05) is 0 Å². The fourth-order valence-corrected chi connectivity index (χ4v) is 0.796. The van der Waals surface area contributed by atoms with Crippen LogP contribution in [0.15, 0.2) is 12.4 Å². The van der Waals surface area contributed by atoms with Crippen molar-refractivity contribution in [3.8, 4) is 6.07 Å². The second kappa shape index (κ2) is 2.02. The van der Waals surface area contributed by atoms with E-state index in [1.807, 2.05) is 6.07 Å². The minimum Gasteiger partial charge on any atom is -0.275 e. The summed E-state index contributed by atoms with van der Waals surface area (Å²) in [6.07, 6.45) is 3.09. The largest absolute Gasteiger partial charge is 0.275 e. The van der Waals surface area contributed by atoms with Crippen LogP contribution >= 0.6 is 0 Å². The predicted octanol–water partition coefficient (Wildman–Crippen LogP) is 0.225. The first-order chi connectivity index (χ1) is 5.40. The highest BCUT2D eigenvalue weighted by atomic mass is 15.1. The highest BCUT2D eigenvalue weighted by Gasteiger charge is 1.98. The SMILES string of the molecule is N#Cc1ncc2[nH]ncc2n1. The minimum atomic E-state index is 0.166. The molecule has 0 aromatic carbocycles. The second-order valence-corrected chi connectivity index (χ2v) is 1.97. The van der Waals surface area contributed by atoms with E-state index in [0.717, 1.165) is 5.52 Å². The first kappa shape index (κ1) is 5.80. The van der Waals surface area contributed by atoms with Gasteiger partial charge in [0.25, 0.3) is 0 Å². The van der Waals surface area contributed by atoms with E-state index in [1.165, 1.54) is 6.20 Å². The molecule has 11 heavy (non-hydrogen) atoms. The second-order valence-electron chi connectivity index (χ2n) is 1.97. The van der Waals surface area contributed by atoms with Gasteiger partial charge in [0.15, 0.2) is 0 Å². The molecule has 0 spiro atoms. The molecule has 0 aliphatic carbocycles. The van der Waals surface area contributed by atoms with Gasteiger partial charge in [0.2, 0.25) is 5.82 Å². The molecule has 0 unspecified atom stereocenters. The zero-order chi connectivity index (χ0) is 7.68. The monoisotopic (exact) mass is 145 g/mol. The van der Waals surface area contributed by atoms with Gasteiger partial charge in [-0.05, 0) is 0 Å². The molecule has 1 N–H and O–H groups in total. The van der Waals surface area contributed by atoms with E-state index in [0.29, 0.717) is 5.52 Å². The molecule has 0 aliphatic heterocycles. The molecule has 0 aliphatic rings. The molecule has 0 amide bonds. The fraction of sp³-hybridized carbons (Fsp3) is 0. The van der Waals surface area contributed by atoms with Gasteiger partial charge in [-0.15, -0.1) is 0 Å². The third-order valence-corrected chi connectivity index (χ3v) is 1.29. The topological polar surface area (TPSA) is 78.2 Å². The Morgan fingerprint density at radius 2 is 2.36 bits per heavy atom. The predicted molar refractivity (Wildman–Crippen MR) is 36.4 cm³/mol. The van der Waals surface area contributed by atoms with Crippen LogP contribution in [-0.4, -0.2) is 20.2 Å². The van der Waals surface area contributed by atoms with Crippen molar-refractivity contribution in [3.05, 3.63) is 18.2 Å². The number of fused-ring (bicyclic) bond motifs is 1. The van der Waals surface area contributed by atoms with Crippen molar-refractivity contribution in [2.75, 3.05) is 0 Å². The van der Waals surface area contributed by atoms with Crippen molar-refractivity contribution in [1.29, 1.82) is 5.26 Å². The van der Waals surface area contributed by atoms with Gasteiger partial charge >= 0.3 is 0 Å². The summed E-state index contributed by atoms with van der Waals surface area (Å²) in [7, 11) is 0. The maximum absolute atomic E-state index is 8.43. The van der Waals surface area contributed by atoms with Crippen molar-refractivity contribution in [2.45, 2.75) is 0 Å². The standard InChI is InChI=1S/C6H3N5/c7-1-6-8-2-5-4(10-6)3-9-11-5/h2-3H,(H,9,11). The van der Waals surface area contributed by atoms with Crippen molar-refractivity contribution < 1.29 is 0 Å². The first-order valence-electron chi connectivity index (χ1n) is 2.96. The maximum atomic E-state index is 8.43. The highest BCUT2D eigenvalue weighted by Crippen LogP contribution is 2.03. The van der Waals surface area contributed by atoms with Gasteiger partial charge in [0.05, 0.1) is 12.4 Å². The van der Waals surface area contributed by atoms with Crippen LogP contribution < -0.4 is 0 Å². The van der Waals surface area contributed by atoms with E-state index in [4.69, 9.17) is 5.26 Å². The van der Waals surface area contributed by atoms with Crippen LogP contribution in [0, 0.1) is 11.3 Å². The van der Waals surface area contributed by atoms with Gasteiger partial charge < -0.3 is 0 Å². The van der Waals surface area contributed by atoms with Crippen LogP contribution in [0.5, 0.6) is 0 Å². The number of nitrogens with zero attached hydrogens (tertiary/aromatic N) is 4. The minimum absolute atomic E-state index is 0.166. The summed E-state index contributed by atoms with van der Waals surface area (Å²) in [6.45, 7) is 0. The Hall–Kier alpha value is -1.96. The highest BCUT2D eigenvalue weighted by molar-refractivity contribution is 5.71. The van der Waals surface area contributed by atoms with Crippen LogP contribution in [0.4, 0.5) is 0 Å². The zero-order valence-corrected chi connectivity index (χ0v) is 5.44. The third kappa shape index (κ3) is 0.809. The number of aromatic nitrogens is 4. The Morgan fingerprint density at radius 3 is 3.18 bits per heavy atom. The number of aromatic amines is 1. The lowest BCUT2D eigenvalue weighted by molar-refractivity contribution is 1.11. The molecule has 0 saturated heterocycles. The fourth-order valence-electron chi connectivity index (χ4n) is 0.796. The normalized spacial score (nSPS) is 9.73. The lowest BCUT2D eigenvalue weighted by Crippen LogP contribution is -1.86. The number of hydrogen-bond acceptors (Lipinski definition) is 4. The van der Waals surface area contributed by atoms with Gasteiger partial charge in [-0.25, -0.2) is 9.97 Å². The van der Waals surface area contributed by atoms with E-state index in [9.17, 15) is 0 Å². The molecular formula is C6H3N5. The van der Waals surface area contributed by atoms with Gasteiger partial charge in [-0.1, -0.05) is 0 Å². The summed E-state index contributed by atoms with van der Waals surface area (Å²) in [4.78, 5) is 7.64. The average molecular weight is 145 g/mol. The smallest absolute Gasteiger partial charge is 0.232 e. The molecular weight excluding hydrogens is 142 g/mol. The van der Waals surface area contributed by atoms with E-state index < -0.39 is 0 Å². The molecule has 2 heterocycles. The van der Waals surface area contributed by atoms with E-state index in [-0.39, 0.29) is 5.82 Å². The Kier molecular flexibility index (Phi) is 1.07. The van der Waals surface area contributed by atoms with E-state index >= 15 is 0 Å². The summed E-state index contributed by atoms with van der Waals surface area (Å²) in [5.74, 6) is 0.166. The van der Waals surface area contributed by atoms with Crippen LogP contribution in [0.1, 0.15) is 5.82 Å². The van der Waals surface area contributed by atoms with Crippen molar-refractivity contribution >= 4 is 11.0 Å². The molecule has 0 atom stereocenters. The zero-order valence-electron chi connectivity index (χ0n) is 5.44. The van der Waals surface area contributed by atoms with E-state index in [1.54, 1.807) is 6.20 Å². The summed E-state index contributed by atoms with van der Waals surface area (Å²) < 4.78 is 0. The molecule has 2 aromatic heterocycles. The molecule has 2 aromatic rings. The number of hydrogen-bond donors (Lipinski definition) is 1. The lowest BCUT2D eigenvalue weighted by atomic mass is 10.4. The van der Waals surface area contributed by atoms with E-state index in [2.05, 4.69) is 20.2 Å². The quantitative estimate of drug-likeness (QED) is 0.575.